The summed E-state index contributed by atoms with van der Waals surface area (Å²) in [6.45, 7) is 1.02. The van der Waals surface area contributed by atoms with Gasteiger partial charge in [-0.2, -0.15) is 5.26 Å². The topological polar surface area (TPSA) is 90.4 Å². The number of halogens is 2. The molecule has 1 fully saturated rings. The number of likely N-dealkylation sites (tertiary alicyclic amines) is 1. The summed E-state index contributed by atoms with van der Waals surface area (Å²) in [5.74, 6) is -1.13. The van der Waals surface area contributed by atoms with Gasteiger partial charge in [0.1, 0.15) is 23.0 Å². The van der Waals surface area contributed by atoms with Crippen LogP contribution in [0.3, 0.4) is 0 Å². The first-order valence-electron chi connectivity index (χ1n) is 11.3. The number of oxazole rings is 1. The molecule has 0 saturated carbocycles. The molecule has 0 spiro atoms. The minimum Gasteiger partial charge on any atom is -0.481 e. The van der Waals surface area contributed by atoms with E-state index in [0.717, 1.165) is 35.1 Å². The van der Waals surface area contributed by atoms with E-state index in [2.05, 4.69) is 16.0 Å². The van der Waals surface area contributed by atoms with Crippen LogP contribution in [0.15, 0.2) is 52.9 Å². The van der Waals surface area contributed by atoms with Crippen molar-refractivity contribution in [2.45, 2.75) is 18.9 Å². The van der Waals surface area contributed by atoms with E-state index in [1.54, 1.807) is 18.2 Å². The molecule has 1 saturated heterocycles. The lowest BCUT2D eigenvalue weighted by Gasteiger charge is -2.41. The van der Waals surface area contributed by atoms with Crippen molar-refractivity contribution in [1.82, 2.24) is 9.88 Å². The molecule has 1 aromatic heterocycles. The standard InChI is InChI=1S/C27H19ClFN3O3/c28-24-17(14-4-6-16(29)7-5-14)2-1-3-19(24)26-31-22-10-20-18(21(11-30)25(22)35-26)8-9-23(20)32-12-15(13-32)27(33)34/h1-7,10,15,23H,8-9,12-13H2,(H,33,34)/t23-/m0/s1. The fraction of sp³-hybridized carbons (Fsp3) is 0.222. The molecule has 1 atom stereocenters. The fourth-order valence-corrected chi connectivity index (χ4v) is 5.53. The normalized spacial score (nSPS) is 17.8. The summed E-state index contributed by atoms with van der Waals surface area (Å²) in [7, 11) is 0. The number of nitrogens with zero attached hydrogens (tertiary/aromatic N) is 3. The summed E-state index contributed by atoms with van der Waals surface area (Å²) in [6.07, 6.45) is 1.56. The van der Waals surface area contributed by atoms with Gasteiger partial charge in [0.15, 0.2) is 5.58 Å². The van der Waals surface area contributed by atoms with Crippen LogP contribution in [0, 0.1) is 23.1 Å². The van der Waals surface area contributed by atoms with Crippen LogP contribution in [0.5, 0.6) is 0 Å². The summed E-state index contributed by atoms with van der Waals surface area (Å²) in [5.41, 5.74) is 5.50. The van der Waals surface area contributed by atoms with Crippen LogP contribution in [-0.4, -0.2) is 34.0 Å². The molecule has 1 N–H and O–H groups in total. The highest BCUT2D eigenvalue weighted by atomic mass is 35.5. The number of carboxylic acid groups (broad SMARTS) is 1. The van der Waals surface area contributed by atoms with Gasteiger partial charge in [-0.25, -0.2) is 9.37 Å². The van der Waals surface area contributed by atoms with Crippen molar-refractivity contribution in [2.24, 2.45) is 5.92 Å². The first-order chi connectivity index (χ1) is 16.9. The number of carbonyl (C=O) groups is 1. The van der Waals surface area contributed by atoms with Crippen LogP contribution in [0.25, 0.3) is 33.7 Å². The smallest absolute Gasteiger partial charge is 0.309 e. The molecule has 0 bridgehead atoms. The number of benzene rings is 3. The molecule has 4 aromatic rings. The zero-order valence-electron chi connectivity index (χ0n) is 18.5. The van der Waals surface area contributed by atoms with Crippen molar-refractivity contribution in [3.05, 3.63) is 76.1 Å². The van der Waals surface area contributed by atoms with E-state index in [4.69, 9.17) is 16.0 Å². The van der Waals surface area contributed by atoms with E-state index in [0.29, 0.717) is 46.2 Å². The molecule has 1 aliphatic heterocycles. The summed E-state index contributed by atoms with van der Waals surface area (Å²) >= 11 is 6.74. The van der Waals surface area contributed by atoms with E-state index >= 15 is 0 Å². The first-order valence-corrected chi connectivity index (χ1v) is 11.7. The molecule has 2 heterocycles. The average Bonchev–Trinajstić information content (AvgIpc) is 3.41. The molecule has 174 valence electrons. The van der Waals surface area contributed by atoms with Crippen LogP contribution < -0.4 is 0 Å². The third kappa shape index (κ3) is 3.49. The summed E-state index contributed by atoms with van der Waals surface area (Å²) < 4.78 is 19.5. The Morgan fingerprint density at radius 3 is 2.66 bits per heavy atom. The highest BCUT2D eigenvalue weighted by Gasteiger charge is 2.40. The SMILES string of the molecule is N#Cc1c2c(cc3nc(-c4cccc(-c5ccc(F)cc5)c4Cl)oc13)[C@@H](N1CC(C(=O)O)C1)CC2. The third-order valence-electron chi connectivity index (χ3n) is 7.05. The molecule has 8 heteroatoms. The van der Waals surface area contributed by atoms with Crippen molar-refractivity contribution in [2.75, 3.05) is 13.1 Å². The Kier molecular flexibility index (Phi) is 5.10. The van der Waals surface area contributed by atoms with E-state index in [1.807, 2.05) is 18.2 Å². The highest BCUT2D eigenvalue weighted by molar-refractivity contribution is 6.36. The average molecular weight is 488 g/mol. The largest absolute Gasteiger partial charge is 0.481 e. The molecular weight excluding hydrogens is 469 g/mol. The molecule has 0 unspecified atom stereocenters. The van der Waals surface area contributed by atoms with Crippen molar-refractivity contribution in [3.8, 4) is 28.7 Å². The predicted octanol–water partition coefficient (Wildman–Crippen LogP) is 5.83. The van der Waals surface area contributed by atoms with Gasteiger partial charge in [0, 0.05) is 24.7 Å². The molecule has 6 nitrogen and oxygen atoms in total. The zero-order valence-corrected chi connectivity index (χ0v) is 19.2. The number of carboxylic acids is 1. The maximum absolute atomic E-state index is 13.4. The summed E-state index contributed by atoms with van der Waals surface area (Å²) in [6, 6.07) is 15.9. The van der Waals surface area contributed by atoms with Gasteiger partial charge in [-0.1, -0.05) is 35.9 Å². The number of hydrogen-bond donors (Lipinski definition) is 1. The molecule has 0 amide bonds. The second-order valence-electron chi connectivity index (χ2n) is 9.02. The molecule has 0 radical (unpaired) electrons. The lowest BCUT2D eigenvalue weighted by Crippen LogP contribution is -2.51. The third-order valence-corrected chi connectivity index (χ3v) is 7.45. The lowest BCUT2D eigenvalue weighted by atomic mass is 9.94. The predicted molar refractivity (Wildman–Crippen MR) is 128 cm³/mol. The van der Waals surface area contributed by atoms with Gasteiger partial charge < -0.3 is 9.52 Å². The van der Waals surface area contributed by atoms with Crippen molar-refractivity contribution >= 4 is 28.7 Å². The van der Waals surface area contributed by atoms with Gasteiger partial charge >= 0.3 is 5.97 Å². The number of rotatable bonds is 4. The van der Waals surface area contributed by atoms with Crippen LogP contribution in [0.1, 0.15) is 29.2 Å². The van der Waals surface area contributed by atoms with Gasteiger partial charge in [0.2, 0.25) is 5.89 Å². The van der Waals surface area contributed by atoms with Crippen molar-refractivity contribution < 1.29 is 18.7 Å². The van der Waals surface area contributed by atoms with Gasteiger partial charge in [-0.15, -0.1) is 0 Å². The fourth-order valence-electron chi connectivity index (χ4n) is 5.21. The number of hydrogen-bond acceptors (Lipinski definition) is 5. The lowest BCUT2D eigenvalue weighted by molar-refractivity contribution is -0.148. The Balaban J connectivity index is 1.41. The Bertz CT molecular complexity index is 1530. The van der Waals surface area contributed by atoms with Gasteiger partial charge in [0.25, 0.3) is 0 Å². The number of aromatic nitrogens is 1. The Morgan fingerprint density at radius 2 is 1.94 bits per heavy atom. The van der Waals surface area contributed by atoms with Crippen LogP contribution in [0.4, 0.5) is 4.39 Å². The van der Waals surface area contributed by atoms with Crippen LogP contribution >= 0.6 is 11.6 Å². The van der Waals surface area contributed by atoms with E-state index in [1.165, 1.54) is 12.1 Å². The number of aliphatic carboxylic acids is 1. The van der Waals surface area contributed by atoms with Gasteiger partial charge in [-0.3, -0.25) is 9.69 Å². The monoisotopic (exact) mass is 487 g/mol. The summed E-state index contributed by atoms with van der Waals surface area (Å²) in [5, 5.41) is 19.6. The van der Waals surface area contributed by atoms with Crippen molar-refractivity contribution in [1.29, 1.82) is 5.26 Å². The second kappa shape index (κ2) is 8.19. The summed E-state index contributed by atoms with van der Waals surface area (Å²) in [4.78, 5) is 18.1. The Hall–Kier alpha value is -3.73. The van der Waals surface area contributed by atoms with E-state index < -0.39 is 5.97 Å². The number of fused-ring (bicyclic) bond motifs is 2. The van der Waals surface area contributed by atoms with Crippen LogP contribution in [-0.2, 0) is 11.2 Å². The molecule has 3 aromatic carbocycles. The van der Waals surface area contributed by atoms with Crippen LogP contribution in [0.2, 0.25) is 5.02 Å². The molecular formula is C27H19ClFN3O3. The number of nitriles is 1. The first kappa shape index (κ1) is 21.8. The zero-order chi connectivity index (χ0) is 24.3. The Morgan fingerprint density at radius 1 is 1.20 bits per heavy atom. The minimum atomic E-state index is -0.770. The quantitative estimate of drug-likeness (QED) is 0.389. The van der Waals surface area contributed by atoms with Gasteiger partial charge in [0.05, 0.1) is 16.5 Å². The maximum atomic E-state index is 13.4. The van der Waals surface area contributed by atoms with E-state index in [9.17, 15) is 19.6 Å². The van der Waals surface area contributed by atoms with Gasteiger partial charge in [-0.05, 0) is 53.8 Å². The maximum Gasteiger partial charge on any atom is 0.309 e. The van der Waals surface area contributed by atoms with E-state index in [-0.39, 0.29) is 17.8 Å². The molecule has 2 aliphatic rings. The molecule has 35 heavy (non-hydrogen) atoms. The Labute approximate surface area is 205 Å². The second-order valence-corrected chi connectivity index (χ2v) is 9.39. The highest BCUT2D eigenvalue weighted by Crippen LogP contribution is 2.44. The van der Waals surface area contributed by atoms with Crippen molar-refractivity contribution in [3.63, 3.8) is 0 Å². The molecule has 1 aliphatic carbocycles. The minimum absolute atomic E-state index is 0.0719. The molecule has 6 rings (SSSR count).